The molecule has 7 heteroatoms. The van der Waals surface area contributed by atoms with Crippen LogP contribution in [0.3, 0.4) is 0 Å². The molecule has 2 amide bonds. The summed E-state index contributed by atoms with van der Waals surface area (Å²) in [4.78, 5) is 39.1. The molecule has 0 bridgehead atoms. The van der Waals surface area contributed by atoms with Gasteiger partial charge in [-0.3, -0.25) is 9.59 Å². The Kier molecular flexibility index (Phi) is 5.62. The zero-order valence-electron chi connectivity index (χ0n) is 13.3. The fourth-order valence-electron chi connectivity index (χ4n) is 1.97. The van der Waals surface area contributed by atoms with Crippen molar-refractivity contribution in [2.75, 3.05) is 17.2 Å². The first-order chi connectivity index (χ1) is 11.5. The second-order valence-electron chi connectivity index (χ2n) is 4.87. The van der Waals surface area contributed by atoms with E-state index < -0.39 is 11.9 Å². The van der Waals surface area contributed by atoms with E-state index >= 15 is 0 Å². The van der Waals surface area contributed by atoms with E-state index in [0.717, 1.165) is 0 Å². The van der Waals surface area contributed by atoms with Gasteiger partial charge in [-0.05, 0) is 37.3 Å². The number of carbonyl (C=O) groups excluding carboxylic acids is 3. The van der Waals surface area contributed by atoms with Crippen LogP contribution in [0.15, 0.2) is 42.6 Å². The molecule has 1 heterocycles. The molecule has 7 nitrogen and oxygen atoms in total. The van der Waals surface area contributed by atoms with E-state index in [-0.39, 0.29) is 18.3 Å². The van der Waals surface area contributed by atoms with Crippen molar-refractivity contribution in [3.8, 4) is 0 Å². The fourth-order valence-corrected chi connectivity index (χ4v) is 1.97. The van der Waals surface area contributed by atoms with E-state index in [2.05, 4.69) is 15.6 Å². The second kappa shape index (κ2) is 7.87. The summed E-state index contributed by atoms with van der Waals surface area (Å²) in [6.45, 7) is 3.36. The molecule has 24 heavy (non-hydrogen) atoms. The first kappa shape index (κ1) is 17.1. The van der Waals surface area contributed by atoms with Gasteiger partial charge in [0.15, 0.2) is 0 Å². The predicted molar refractivity (Wildman–Crippen MR) is 88.9 cm³/mol. The number of esters is 1. The molecule has 0 radical (unpaired) electrons. The number of anilines is 2. The monoisotopic (exact) mass is 327 g/mol. The molecule has 0 saturated heterocycles. The van der Waals surface area contributed by atoms with E-state index in [0.29, 0.717) is 16.8 Å². The first-order valence-electron chi connectivity index (χ1n) is 7.31. The number of aromatic nitrogens is 1. The molecular formula is C17H17N3O4. The number of rotatable bonds is 5. The number of amides is 2. The minimum Gasteiger partial charge on any atom is -0.462 e. The summed E-state index contributed by atoms with van der Waals surface area (Å²) < 4.78 is 4.91. The van der Waals surface area contributed by atoms with Gasteiger partial charge in [0, 0.05) is 24.4 Å². The topological polar surface area (TPSA) is 97.4 Å². The van der Waals surface area contributed by atoms with Gasteiger partial charge in [0.1, 0.15) is 5.82 Å². The van der Waals surface area contributed by atoms with E-state index in [4.69, 9.17) is 4.74 Å². The van der Waals surface area contributed by atoms with Crippen LogP contribution in [-0.2, 0) is 9.53 Å². The Labute approximate surface area is 139 Å². The molecule has 1 aromatic carbocycles. The lowest BCUT2D eigenvalue weighted by Crippen LogP contribution is -2.14. The van der Waals surface area contributed by atoms with Crippen LogP contribution in [0.2, 0.25) is 0 Å². The van der Waals surface area contributed by atoms with Gasteiger partial charge in [-0.1, -0.05) is 6.07 Å². The molecule has 0 fully saturated rings. The van der Waals surface area contributed by atoms with Gasteiger partial charge in [0.05, 0.1) is 12.2 Å². The Hall–Kier alpha value is -3.22. The third-order valence-electron chi connectivity index (χ3n) is 2.96. The van der Waals surface area contributed by atoms with Gasteiger partial charge in [-0.2, -0.15) is 0 Å². The Bertz CT molecular complexity index is 774. The minimum atomic E-state index is -0.483. The maximum absolute atomic E-state index is 12.3. The summed E-state index contributed by atoms with van der Waals surface area (Å²) in [6, 6.07) is 9.43. The molecule has 2 aromatic rings. The van der Waals surface area contributed by atoms with Crippen LogP contribution in [0.4, 0.5) is 11.5 Å². The lowest BCUT2D eigenvalue weighted by Gasteiger charge is -2.08. The molecular weight excluding hydrogens is 310 g/mol. The molecule has 0 unspecified atom stereocenters. The largest absolute Gasteiger partial charge is 0.462 e. The van der Waals surface area contributed by atoms with Gasteiger partial charge in [0.25, 0.3) is 5.91 Å². The van der Waals surface area contributed by atoms with E-state index in [1.807, 2.05) is 0 Å². The predicted octanol–water partition coefficient (Wildman–Crippen LogP) is 2.47. The van der Waals surface area contributed by atoms with Crippen LogP contribution in [0, 0.1) is 0 Å². The summed E-state index contributed by atoms with van der Waals surface area (Å²) >= 11 is 0. The number of ether oxygens (including phenoxy) is 1. The number of benzene rings is 1. The number of hydrogen-bond acceptors (Lipinski definition) is 5. The normalized spacial score (nSPS) is 9.92. The molecule has 0 spiro atoms. The maximum Gasteiger partial charge on any atom is 0.338 e. The van der Waals surface area contributed by atoms with Crippen LogP contribution in [0.5, 0.6) is 0 Å². The fraction of sp³-hybridized carbons (Fsp3) is 0.176. The van der Waals surface area contributed by atoms with Gasteiger partial charge < -0.3 is 15.4 Å². The standard InChI is InChI=1S/C17H17N3O4/c1-3-24-17(23)13-7-8-18-15(10-13)20-16(22)12-5-4-6-14(9-12)19-11(2)21/h4-10H,3H2,1-2H3,(H,19,21)(H,18,20,22). The van der Waals surface area contributed by atoms with Crippen molar-refractivity contribution in [2.24, 2.45) is 0 Å². The molecule has 0 aliphatic rings. The van der Waals surface area contributed by atoms with Crippen LogP contribution < -0.4 is 10.6 Å². The van der Waals surface area contributed by atoms with Crippen molar-refractivity contribution in [1.82, 2.24) is 4.98 Å². The van der Waals surface area contributed by atoms with Crippen molar-refractivity contribution in [1.29, 1.82) is 0 Å². The van der Waals surface area contributed by atoms with Crippen molar-refractivity contribution < 1.29 is 19.1 Å². The Morgan fingerprint density at radius 2 is 1.88 bits per heavy atom. The molecule has 2 N–H and O–H groups in total. The smallest absolute Gasteiger partial charge is 0.338 e. The molecule has 124 valence electrons. The molecule has 0 aliphatic carbocycles. The third-order valence-corrected chi connectivity index (χ3v) is 2.96. The molecule has 0 atom stereocenters. The number of nitrogens with one attached hydrogen (secondary N) is 2. The van der Waals surface area contributed by atoms with Crippen LogP contribution in [0.1, 0.15) is 34.6 Å². The quantitative estimate of drug-likeness (QED) is 0.822. The highest BCUT2D eigenvalue weighted by atomic mass is 16.5. The summed E-state index contributed by atoms with van der Waals surface area (Å²) in [5.41, 5.74) is 1.17. The highest BCUT2D eigenvalue weighted by molar-refractivity contribution is 6.05. The van der Waals surface area contributed by atoms with Gasteiger partial charge in [0.2, 0.25) is 5.91 Å². The van der Waals surface area contributed by atoms with E-state index in [9.17, 15) is 14.4 Å². The highest BCUT2D eigenvalue weighted by Gasteiger charge is 2.11. The van der Waals surface area contributed by atoms with E-state index in [1.165, 1.54) is 25.3 Å². The number of hydrogen-bond donors (Lipinski definition) is 2. The van der Waals surface area contributed by atoms with Crippen molar-refractivity contribution >= 4 is 29.3 Å². The Morgan fingerprint density at radius 1 is 1.08 bits per heavy atom. The molecule has 0 saturated carbocycles. The molecule has 2 rings (SSSR count). The summed E-state index contributed by atoms with van der Waals surface area (Å²) in [5.74, 6) is -0.884. The average molecular weight is 327 g/mol. The lowest BCUT2D eigenvalue weighted by atomic mass is 10.2. The van der Waals surface area contributed by atoms with Gasteiger partial charge in [-0.25, -0.2) is 9.78 Å². The summed E-state index contributed by atoms with van der Waals surface area (Å²) in [5, 5.41) is 5.21. The molecule has 1 aromatic heterocycles. The number of nitrogens with zero attached hydrogens (tertiary/aromatic N) is 1. The van der Waals surface area contributed by atoms with Crippen LogP contribution in [-0.4, -0.2) is 29.4 Å². The highest BCUT2D eigenvalue weighted by Crippen LogP contribution is 2.14. The first-order valence-corrected chi connectivity index (χ1v) is 7.31. The van der Waals surface area contributed by atoms with Crippen molar-refractivity contribution in [2.45, 2.75) is 13.8 Å². The Morgan fingerprint density at radius 3 is 2.58 bits per heavy atom. The minimum absolute atomic E-state index is 0.226. The summed E-state index contributed by atoms with van der Waals surface area (Å²) in [7, 11) is 0. The number of carbonyl (C=O) groups is 3. The Balaban J connectivity index is 2.13. The van der Waals surface area contributed by atoms with Crippen LogP contribution in [0.25, 0.3) is 0 Å². The molecule has 0 aliphatic heterocycles. The summed E-state index contributed by atoms with van der Waals surface area (Å²) in [6.07, 6.45) is 1.41. The van der Waals surface area contributed by atoms with Crippen molar-refractivity contribution in [3.05, 3.63) is 53.7 Å². The van der Waals surface area contributed by atoms with Gasteiger partial charge >= 0.3 is 5.97 Å². The van der Waals surface area contributed by atoms with Crippen molar-refractivity contribution in [3.63, 3.8) is 0 Å². The zero-order valence-corrected chi connectivity index (χ0v) is 13.3. The SMILES string of the molecule is CCOC(=O)c1ccnc(NC(=O)c2cccc(NC(C)=O)c2)c1. The number of pyridine rings is 1. The van der Waals surface area contributed by atoms with E-state index in [1.54, 1.807) is 31.2 Å². The maximum atomic E-state index is 12.3. The average Bonchev–Trinajstić information content (AvgIpc) is 2.55. The van der Waals surface area contributed by atoms with Gasteiger partial charge in [-0.15, -0.1) is 0 Å². The third kappa shape index (κ3) is 4.64. The lowest BCUT2D eigenvalue weighted by molar-refractivity contribution is -0.114. The zero-order chi connectivity index (χ0) is 17.5. The second-order valence-corrected chi connectivity index (χ2v) is 4.87. The van der Waals surface area contributed by atoms with Crippen LogP contribution >= 0.6 is 0 Å².